The average Bonchev–Trinajstić information content (AvgIpc) is 2.29. The van der Waals surface area contributed by atoms with E-state index in [9.17, 15) is 4.79 Å². The van der Waals surface area contributed by atoms with Crippen LogP contribution in [0.2, 0.25) is 5.02 Å². The Morgan fingerprint density at radius 2 is 2.15 bits per heavy atom. The summed E-state index contributed by atoms with van der Waals surface area (Å²) in [5.41, 5.74) is 0.624. The van der Waals surface area contributed by atoms with Crippen LogP contribution in [0.1, 0.15) is 20.8 Å². The van der Waals surface area contributed by atoms with Crippen LogP contribution in [-0.2, 0) is 4.74 Å². The largest absolute Gasteiger partial charge is 0.420 e. The van der Waals surface area contributed by atoms with Crippen molar-refractivity contribution in [3.8, 4) is 0 Å². The molecule has 0 saturated heterocycles. The summed E-state index contributed by atoms with van der Waals surface area (Å²) in [6.07, 6.45) is -0.533. The van der Waals surface area contributed by atoms with Gasteiger partial charge in [0.15, 0.2) is 0 Å². The van der Waals surface area contributed by atoms with Gasteiger partial charge in [0.2, 0.25) is 0 Å². The molecule has 1 N–H and O–H groups in total. The van der Waals surface area contributed by atoms with Crippen LogP contribution in [0.15, 0.2) is 30.5 Å². The van der Waals surface area contributed by atoms with Crippen molar-refractivity contribution in [2.24, 2.45) is 0 Å². The Labute approximate surface area is 128 Å². The van der Waals surface area contributed by atoms with Crippen LogP contribution in [0, 0.1) is 0 Å². The number of carbonyl (C=O) groups is 1. The van der Waals surface area contributed by atoms with Gasteiger partial charge < -0.3 is 10.1 Å². The van der Waals surface area contributed by atoms with E-state index in [0.717, 1.165) is 5.69 Å². The summed E-state index contributed by atoms with van der Waals surface area (Å²) >= 11 is 11.4. The molecule has 1 aromatic rings. The number of thiocarbonyl (C=S) groups is 1. The quantitative estimate of drug-likeness (QED) is 0.618. The van der Waals surface area contributed by atoms with E-state index in [1.807, 2.05) is 13.8 Å². The second kappa shape index (κ2) is 5.07. The Hall–Kier alpha value is -1.59. The molecule has 1 amide bonds. The number of fused-ring (bicyclic) bond motifs is 1. The fourth-order valence-corrected chi connectivity index (χ4v) is 2.36. The van der Waals surface area contributed by atoms with E-state index in [4.69, 9.17) is 28.6 Å². The van der Waals surface area contributed by atoms with Crippen molar-refractivity contribution in [3.63, 3.8) is 0 Å². The fourth-order valence-electron chi connectivity index (χ4n) is 1.99. The first-order chi connectivity index (χ1) is 9.23. The van der Waals surface area contributed by atoms with Gasteiger partial charge in [0.1, 0.15) is 4.99 Å². The van der Waals surface area contributed by atoms with E-state index < -0.39 is 11.6 Å². The first kappa shape index (κ1) is 14.8. The van der Waals surface area contributed by atoms with Crippen LogP contribution in [-0.4, -0.2) is 16.6 Å². The number of carbonyl (C=O) groups excluding carboxylic acids is 1. The number of hydrogen-bond acceptors (Lipinski definition) is 3. The third kappa shape index (κ3) is 2.51. The van der Waals surface area contributed by atoms with Gasteiger partial charge in [-0.1, -0.05) is 30.4 Å². The van der Waals surface area contributed by atoms with E-state index in [1.54, 1.807) is 25.1 Å². The molecule has 2 rings (SSSR count). The number of nitrogens with one attached hydrogen (secondary N) is 1. The van der Waals surface area contributed by atoms with Gasteiger partial charge in [-0.2, -0.15) is 0 Å². The topological polar surface area (TPSA) is 41.6 Å². The molecule has 1 aromatic carbocycles. The zero-order valence-electron chi connectivity index (χ0n) is 11.5. The minimum absolute atomic E-state index is 0.318. The Kier molecular flexibility index (Phi) is 3.75. The van der Waals surface area contributed by atoms with Crippen molar-refractivity contribution in [2.45, 2.75) is 26.3 Å². The minimum atomic E-state index is -0.723. The third-order valence-corrected chi connectivity index (χ3v) is 3.84. The Balaban J connectivity index is 2.56. The number of rotatable bonds is 1. The molecule has 0 bridgehead atoms. The van der Waals surface area contributed by atoms with Crippen molar-refractivity contribution in [2.75, 3.05) is 10.2 Å². The van der Waals surface area contributed by atoms with E-state index in [1.165, 1.54) is 4.90 Å². The number of ether oxygens (including phenoxy) is 1. The molecule has 1 aliphatic rings. The van der Waals surface area contributed by atoms with Crippen LogP contribution >= 0.6 is 23.8 Å². The highest BCUT2D eigenvalue weighted by Crippen LogP contribution is 2.39. The van der Waals surface area contributed by atoms with Crippen molar-refractivity contribution in [1.82, 2.24) is 0 Å². The number of benzene rings is 1. The zero-order valence-corrected chi connectivity index (χ0v) is 13.1. The van der Waals surface area contributed by atoms with Crippen LogP contribution in [0.25, 0.3) is 0 Å². The van der Waals surface area contributed by atoms with Gasteiger partial charge in [-0.25, -0.2) is 4.79 Å². The van der Waals surface area contributed by atoms with E-state index in [2.05, 4.69) is 11.9 Å². The van der Waals surface area contributed by atoms with Gasteiger partial charge in [-0.15, -0.1) is 0 Å². The number of hydrogen-bond donors (Lipinski definition) is 1. The fraction of sp³-hybridized carbons (Fsp3) is 0.286. The molecule has 0 radical (unpaired) electrons. The molecule has 20 heavy (non-hydrogen) atoms. The SMILES string of the molecule is C=C(C)OC(=O)N1c2cc(Cl)ccc2NC(=S)C1(C)C. The highest BCUT2D eigenvalue weighted by molar-refractivity contribution is 7.80. The summed E-state index contributed by atoms with van der Waals surface area (Å²) in [7, 11) is 0. The molecule has 0 saturated carbocycles. The average molecular weight is 311 g/mol. The number of amides is 1. The maximum atomic E-state index is 12.4. The van der Waals surface area contributed by atoms with Crippen LogP contribution < -0.4 is 10.2 Å². The Bertz CT molecular complexity index is 613. The lowest BCUT2D eigenvalue weighted by atomic mass is 9.98. The van der Waals surface area contributed by atoms with Crippen LogP contribution in [0.4, 0.5) is 16.2 Å². The van der Waals surface area contributed by atoms with Crippen LogP contribution in [0.5, 0.6) is 0 Å². The summed E-state index contributed by atoms with van der Waals surface area (Å²) in [6.45, 7) is 8.88. The lowest BCUT2D eigenvalue weighted by Gasteiger charge is -2.43. The van der Waals surface area contributed by atoms with Crippen molar-refractivity contribution >= 4 is 46.3 Å². The lowest BCUT2D eigenvalue weighted by molar-refractivity contribution is 0.180. The number of anilines is 2. The lowest BCUT2D eigenvalue weighted by Crippen LogP contribution is -2.57. The molecule has 0 aliphatic carbocycles. The summed E-state index contributed by atoms with van der Waals surface area (Å²) in [4.78, 5) is 14.4. The molecule has 0 spiro atoms. The number of halogens is 1. The van der Waals surface area contributed by atoms with E-state index in [0.29, 0.717) is 21.5 Å². The van der Waals surface area contributed by atoms with Gasteiger partial charge in [0.05, 0.1) is 22.7 Å². The summed E-state index contributed by atoms with van der Waals surface area (Å²) in [5, 5.41) is 3.65. The molecular formula is C14H15ClN2O2S. The third-order valence-electron chi connectivity index (χ3n) is 3.01. The first-order valence-corrected chi connectivity index (χ1v) is 6.80. The van der Waals surface area contributed by atoms with Crippen molar-refractivity contribution in [1.29, 1.82) is 0 Å². The standard InChI is InChI=1S/C14H15ClN2O2S/c1-8(2)19-13(18)17-11-7-9(15)5-6-10(11)16-12(20)14(17,3)4/h5-7H,1H2,2-4H3,(H,16,20). The Morgan fingerprint density at radius 1 is 1.50 bits per heavy atom. The molecule has 6 heteroatoms. The molecule has 1 heterocycles. The first-order valence-electron chi connectivity index (χ1n) is 6.02. The molecule has 1 aliphatic heterocycles. The highest BCUT2D eigenvalue weighted by Gasteiger charge is 2.42. The normalized spacial score (nSPS) is 16.2. The van der Waals surface area contributed by atoms with Gasteiger partial charge >= 0.3 is 6.09 Å². The van der Waals surface area contributed by atoms with E-state index >= 15 is 0 Å². The molecule has 0 unspecified atom stereocenters. The van der Waals surface area contributed by atoms with Gasteiger partial charge in [-0.05, 0) is 39.0 Å². The monoisotopic (exact) mass is 310 g/mol. The van der Waals surface area contributed by atoms with Crippen molar-refractivity contribution in [3.05, 3.63) is 35.6 Å². The maximum absolute atomic E-state index is 12.4. The smallest absolute Gasteiger partial charge is 0.415 e. The number of nitrogens with zero attached hydrogens (tertiary/aromatic N) is 1. The molecule has 0 atom stereocenters. The maximum Gasteiger partial charge on any atom is 0.420 e. The predicted octanol–water partition coefficient (Wildman–Crippen LogP) is 4.35. The summed E-state index contributed by atoms with van der Waals surface area (Å²) in [6, 6.07) is 5.21. The highest BCUT2D eigenvalue weighted by atomic mass is 35.5. The summed E-state index contributed by atoms with van der Waals surface area (Å²) in [5.74, 6) is 0.318. The Morgan fingerprint density at radius 3 is 2.75 bits per heavy atom. The van der Waals surface area contributed by atoms with Gasteiger partial charge in [0, 0.05) is 5.02 Å². The number of allylic oxidation sites excluding steroid dienone is 1. The predicted molar refractivity (Wildman–Crippen MR) is 85.5 cm³/mol. The van der Waals surface area contributed by atoms with Gasteiger partial charge in [0.25, 0.3) is 0 Å². The van der Waals surface area contributed by atoms with Gasteiger partial charge in [-0.3, -0.25) is 4.90 Å². The second-order valence-electron chi connectivity index (χ2n) is 5.08. The molecule has 0 fully saturated rings. The van der Waals surface area contributed by atoms with E-state index in [-0.39, 0.29) is 0 Å². The molecule has 106 valence electrons. The minimum Gasteiger partial charge on any atom is -0.415 e. The summed E-state index contributed by atoms with van der Waals surface area (Å²) < 4.78 is 5.13. The molecule has 4 nitrogen and oxygen atoms in total. The molecule has 0 aromatic heterocycles. The van der Waals surface area contributed by atoms with Crippen molar-refractivity contribution < 1.29 is 9.53 Å². The molecular weight excluding hydrogens is 296 g/mol. The second-order valence-corrected chi connectivity index (χ2v) is 5.92. The zero-order chi connectivity index (χ0) is 15.1. The van der Waals surface area contributed by atoms with Crippen LogP contribution in [0.3, 0.4) is 0 Å².